The summed E-state index contributed by atoms with van der Waals surface area (Å²) in [4.78, 5) is 28.4. The van der Waals surface area contributed by atoms with Gasteiger partial charge in [0.05, 0.1) is 24.9 Å². The first kappa shape index (κ1) is 32.7. The van der Waals surface area contributed by atoms with E-state index in [2.05, 4.69) is 22.2 Å². The van der Waals surface area contributed by atoms with Gasteiger partial charge in [0, 0.05) is 44.5 Å². The maximum absolute atomic E-state index is 13.4. The van der Waals surface area contributed by atoms with E-state index in [9.17, 15) is 13.2 Å². The number of nitrogens with zero attached hydrogens (tertiary/aromatic N) is 6. The molecule has 1 saturated heterocycles. The molecule has 13 heteroatoms. The van der Waals surface area contributed by atoms with E-state index >= 15 is 0 Å². The van der Waals surface area contributed by atoms with E-state index in [4.69, 9.17) is 21.3 Å². The molecular weight excluding hydrogens is 590 g/mol. The number of imidazole rings is 1. The summed E-state index contributed by atoms with van der Waals surface area (Å²) < 4.78 is 35.2. The van der Waals surface area contributed by atoms with Gasteiger partial charge in [0.2, 0.25) is 21.9 Å². The van der Waals surface area contributed by atoms with E-state index < -0.39 is 16.1 Å². The van der Waals surface area contributed by atoms with Crippen LogP contribution in [0.15, 0.2) is 49.1 Å². The predicted molar refractivity (Wildman–Crippen MR) is 168 cm³/mol. The molecule has 2 unspecified atom stereocenters. The average molecular weight is 632 g/mol. The van der Waals surface area contributed by atoms with Crippen LogP contribution < -0.4 is 15.0 Å². The van der Waals surface area contributed by atoms with Gasteiger partial charge in [-0.2, -0.15) is 9.29 Å². The molecule has 0 saturated carbocycles. The summed E-state index contributed by atoms with van der Waals surface area (Å²) >= 11 is 6.40. The number of halogens is 1. The summed E-state index contributed by atoms with van der Waals surface area (Å²) in [7, 11) is -1.88. The minimum Gasteiger partial charge on any atom is -0.497 e. The molecule has 2 atom stereocenters. The van der Waals surface area contributed by atoms with Gasteiger partial charge in [0.15, 0.2) is 0 Å². The van der Waals surface area contributed by atoms with Crippen molar-refractivity contribution in [1.82, 2.24) is 29.1 Å². The van der Waals surface area contributed by atoms with Crippen LogP contribution in [0.5, 0.6) is 5.75 Å². The number of piperazine rings is 1. The van der Waals surface area contributed by atoms with E-state index in [1.54, 1.807) is 36.5 Å². The quantitative estimate of drug-likeness (QED) is 0.188. The molecule has 1 aliphatic rings. The van der Waals surface area contributed by atoms with Gasteiger partial charge in [-0.1, -0.05) is 62.8 Å². The molecule has 43 heavy (non-hydrogen) atoms. The summed E-state index contributed by atoms with van der Waals surface area (Å²) in [5.41, 5.74) is 0.906. The first-order valence-electron chi connectivity index (χ1n) is 14.9. The molecule has 3 aromatic rings. The predicted octanol–water partition coefficient (Wildman–Crippen LogP) is 4.77. The summed E-state index contributed by atoms with van der Waals surface area (Å²) in [5.74, 6) is 1.48. The van der Waals surface area contributed by atoms with Gasteiger partial charge < -0.3 is 15.0 Å². The maximum Gasteiger partial charge on any atom is 0.238 e. The molecule has 1 aromatic carbocycles. The van der Waals surface area contributed by atoms with E-state index in [0.717, 1.165) is 31.2 Å². The highest BCUT2D eigenvalue weighted by Gasteiger charge is 2.35. The number of anilines is 1. The van der Waals surface area contributed by atoms with Crippen LogP contribution in [-0.4, -0.2) is 76.7 Å². The number of sulfonamides is 1. The van der Waals surface area contributed by atoms with Crippen molar-refractivity contribution >= 4 is 33.3 Å². The van der Waals surface area contributed by atoms with Crippen LogP contribution in [0.3, 0.4) is 0 Å². The largest absolute Gasteiger partial charge is 0.497 e. The van der Waals surface area contributed by atoms with Crippen LogP contribution >= 0.6 is 11.6 Å². The lowest BCUT2D eigenvalue weighted by atomic mass is 10.1. The van der Waals surface area contributed by atoms with Gasteiger partial charge in [-0.25, -0.2) is 18.4 Å². The molecule has 0 radical (unpaired) electrons. The molecule has 3 heterocycles. The molecule has 1 N–H and O–H groups in total. The number of carbonyl (C=O) groups excluding carboxylic acids is 1. The second-order valence-corrected chi connectivity index (χ2v) is 13.4. The second kappa shape index (κ2) is 15.5. The minimum atomic E-state index is -3.49. The molecule has 2 aromatic heterocycles. The lowest BCUT2D eigenvalue weighted by Gasteiger charge is -2.41. The molecular formula is C30H42ClN7O4S. The smallest absolute Gasteiger partial charge is 0.238 e. The highest BCUT2D eigenvalue weighted by Crippen LogP contribution is 2.26. The number of nitrogens with one attached hydrogen (secondary N) is 1. The van der Waals surface area contributed by atoms with Crippen molar-refractivity contribution in [2.75, 3.05) is 37.4 Å². The number of aromatic nitrogens is 4. The van der Waals surface area contributed by atoms with Crippen LogP contribution in [-0.2, 0) is 14.8 Å². The summed E-state index contributed by atoms with van der Waals surface area (Å²) in [5, 5.41) is 3.30. The van der Waals surface area contributed by atoms with Crippen molar-refractivity contribution in [3.8, 4) is 11.7 Å². The zero-order valence-electron chi connectivity index (χ0n) is 25.2. The lowest BCUT2D eigenvalue weighted by Crippen LogP contribution is -2.56. The van der Waals surface area contributed by atoms with Crippen molar-refractivity contribution in [2.45, 2.75) is 70.9 Å². The topological polar surface area (TPSA) is 123 Å². The zero-order valence-corrected chi connectivity index (χ0v) is 26.7. The molecule has 4 rings (SSSR count). The Labute approximate surface area is 259 Å². The number of hydrogen-bond acceptors (Lipinski definition) is 8. The number of rotatable bonds is 15. The molecule has 1 amide bonds. The molecule has 234 valence electrons. The fourth-order valence-electron chi connectivity index (χ4n) is 5.29. The highest BCUT2D eigenvalue weighted by atomic mass is 35.5. The summed E-state index contributed by atoms with van der Waals surface area (Å²) in [6.45, 7) is 4.88. The first-order valence-corrected chi connectivity index (χ1v) is 16.9. The van der Waals surface area contributed by atoms with Crippen LogP contribution in [0.25, 0.3) is 5.95 Å². The Bertz CT molecular complexity index is 1440. The summed E-state index contributed by atoms with van der Waals surface area (Å²) in [6.07, 6.45) is 11.0. The Morgan fingerprint density at radius 1 is 1.14 bits per heavy atom. The standard InChI is InChI=1S/C30H42ClN7O4S/c1-4-5-6-7-8-9-17-43(40,41)37-15-16-38(28-20-27(31)34-30(35-28)36-14-13-32-22-36)25(21-37)19-29(39)33-23(2)24-11-10-12-26(18-24)42-3/h10-14,18,20,22-23,25H,4-9,15-17,19,21H2,1-3H3,(H,33,39). The van der Waals surface area contributed by atoms with Crippen molar-refractivity contribution in [2.24, 2.45) is 0 Å². The fraction of sp³-hybridized carbons (Fsp3) is 0.533. The Morgan fingerprint density at radius 3 is 2.67 bits per heavy atom. The van der Waals surface area contributed by atoms with Gasteiger partial charge in [0.25, 0.3) is 0 Å². The van der Waals surface area contributed by atoms with Crippen molar-refractivity contribution in [3.05, 3.63) is 59.8 Å². The maximum atomic E-state index is 13.4. The van der Waals surface area contributed by atoms with Gasteiger partial charge in [-0.15, -0.1) is 0 Å². The number of hydrogen-bond donors (Lipinski definition) is 1. The normalized spacial score (nSPS) is 16.7. The van der Waals surface area contributed by atoms with Gasteiger partial charge in [-0.3, -0.25) is 9.36 Å². The molecule has 1 aliphatic heterocycles. The highest BCUT2D eigenvalue weighted by molar-refractivity contribution is 7.89. The second-order valence-electron chi connectivity index (χ2n) is 10.9. The third kappa shape index (κ3) is 9.14. The third-order valence-corrected chi connectivity index (χ3v) is 9.80. The Balaban J connectivity index is 1.51. The van der Waals surface area contributed by atoms with Gasteiger partial charge >= 0.3 is 0 Å². The first-order chi connectivity index (χ1) is 20.7. The number of methoxy groups -OCH3 is 1. The van der Waals surface area contributed by atoms with E-state index in [1.165, 1.54) is 10.7 Å². The van der Waals surface area contributed by atoms with Crippen molar-refractivity contribution in [1.29, 1.82) is 0 Å². The fourth-order valence-corrected chi connectivity index (χ4v) is 7.05. The van der Waals surface area contributed by atoms with Crippen LogP contribution in [0.1, 0.15) is 70.4 Å². The monoisotopic (exact) mass is 631 g/mol. The van der Waals surface area contributed by atoms with Crippen molar-refractivity contribution < 1.29 is 17.9 Å². The molecule has 0 aliphatic carbocycles. The lowest BCUT2D eigenvalue weighted by molar-refractivity contribution is -0.122. The number of amides is 1. The molecule has 11 nitrogen and oxygen atoms in total. The SMILES string of the molecule is CCCCCCCCS(=O)(=O)N1CCN(c2cc(Cl)nc(-n3ccnc3)n2)C(CC(=O)NC(C)c2cccc(OC)c2)C1. The van der Waals surface area contributed by atoms with Crippen LogP contribution in [0.4, 0.5) is 5.82 Å². The van der Waals surface area contributed by atoms with E-state index in [0.29, 0.717) is 37.0 Å². The van der Waals surface area contributed by atoms with Gasteiger partial charge in [0.1, 0.15) is 23.0 Å². The zero-order chi connectivity index (χ0) is 30.8. The minimum absolute atomic E-state index is 0.0688. The van der Waals surface area contributed by atoms with Crippen LogP contribution in [0.2, 0.25) is 5.15 Å². The Kier molecular flexibility index (Phi) is 11.8. The number of ether oxygens (including phenoxy) is 1. The van der Waals surface area contributed by atoms with Gasteiger partial charge in [-0.05, 0) is 31.0 Å². The Morgan fingerprint density at radius 2 is 1.93 bits per heavy atom. The van der Waals surface area contributed by atoms with Crippen LogP contribution in [0, 0.1) is 0 Å². The molecule has 0 bridgehead atoms. The summed E-state index contributed by atoms with van der Waals surface area (Å²) in [6, 6.07) is 8.45. The van der Waals surface area contributed by atoms with Crippen molar-refractivity contribution in [3.63, 3.8) is 0 Å². The number of carbonyl (C=O) groups is 1. The van der Waals surface area contributed by atoms with E-state index in [1.807, 2.05) is 36.1 Å². The van der Waals surface area contributed by atoms with E-state index in [-0.39, 0.29) is 35.8 Å². The third-order valence-electron chi connectivity index (χ3n) is 7.69. The number of unbranched alkanes of at least 4 members (excludes halogenated alkanes) is 5. The molecule has 0 spiro atoms. The Hall–Kier alpha value is -3.22. The molecule has 1 fully saturated rings. The average Bonchev–Trinajstić information content (AvgIpc) is 3.54. The number of benzene rings is 1.